The molecule has 4 heteroatoms. The van der Waals surface area contributed by atoms with Crippen molar-refractivity contribution in [1.29, 1.82) is 0 Å². The second kappa shape index (κ2) is 5.53. The van der Waals surface area contributed by atoms with Crippen LogP contribution in [0.25, 0.3) is 11.3 Å². The van der Waals surface area contributed by atoms with Crippen LogP contribution in [0.2, 0.25) is 0 Å². The molecule has 0 unspecified atom stereocenters. The molecule has 2 aromatic rings. The molecule has 0 spiro atoms. The molecule has 0 fully saturated rings. The molecule has 100 valence electrons. The maximum Gasteiger partial charge on any atom is 0.227 e. The molecule has 1 aromatic heterocycles. The number of thiazole rings is 1. The van der Waals surface area contributed by atoms with Crippen molar-refractivity contribution in [2.45, 2.75) is 32.7 Å². The monoisotopic (exact) mass is 274 g/mol. The van der Waals surface area contributed by atoms with Crippen LogP contribution in [0.3, 0.4) is 0 Å². The fraction of sp³-hybridized carbons (Fsp3) is 0.333. The molecular formula is C15H18N2OS. The molecule has 0 saturated carbocycles. The molecule has 3 nitrogen and oxygen atoms in total. The van der Waals surface area contributed by atoms with Gasteiger partial charge in [0.05, 0.1) is 12.1 Å². The van der Waals surface area contributed by atoms with Gasteiger partial charge >= 0.3 is 0 Å². The summed E-state index contributed by atoms with van der Waals surface area (Å²) < 4.78 is 0. The van der Waals surface area contributed by atoms with Crippen molar-refractivity contribution >= 4 is 17.2 Å². The molecule has 1 heterocycles. The van der Waals surface area contributed by atoms with Crippen LogP contribution < -0.4 is 5.32 Å². The normalized spacial score (nSPS) is 11.3. The average molecular weight is 274 g/mol. The van der Waals surface area contributed by atoms with E-state index in [-0.39, 0.29) is 11.4 Å². The quantitative estimate of drug-likeness (QED) is 0.933. The lowest BCUT2D eigenvalue weighted by molar-refractivity contribution is -0.121. The minimum atomic E-state index is -0.198. The van der Waals surface area contributed by atoms with Crippen LogP contribution >= 0.6 is 11.3 Å². The van der Waals surface area contributed by atoms with Gasteiger partial charge in [-0.3, -0.25) is 4.79 Å². The van der Waals surface area contributed by atoms with E-state index in [0.717, 1.165) is 16.3 Å². The van der Waals surface area contributed by atoms with Gasteiger partial charge in [0, 0.05) is 16.5 Å². The number of carbonyl (C=O) groups is 1. The molecular weight excluding hydrogens is 256 g/mol. The lowest BCUT2D eigenvalue weighted by Crippen LogP contribution is -2.41. The van der Waals surface area contributed by atoms with E-state index >= 15 is 0 Å². The Morgan fingerprint density at radius 3 is 2.58 bits per heavy atom. The fourth-order valence-electron chi connectivity index (χ4n) is 1.73. The minimum Gasteiger partial charge on any atom is -0.351 e. The standard InChI is InChI=1S/C15H18N2OS/c1-15(2,3)17-13(18)9-14-16-12(10-19-14)11-7-5-4-6-8-11/h4-8,10H,9H2,1-3H3,(H,17,18). The molecule has 0 radical (unpaired) electrons. The third-order valence-electron chi connectivity index (χ3n) is 2.45. The molecule has 0 aliphatic rings. The molecule has 1 aromatic carbocycles. The Hall–Kier alpha value is -1.68. The largest absolute Gasteiger partial charge is 0.351 e. The predicted octanol–water partition coefficient (Wildman–Crippen LogP) is 3.27. The Bertz CT molecular complexity index is 555. The first-order chi connectivity index (χ1) is 8.94. The topological polar surface area (TPSA) is 42.0 Å². The third kappa shape index (κ3) is 4.17. The van der Waals surface area contributed by atoms with Gasteiger partial charge in [-0.05, 0) is 20.8 Å². The van der Waals surface area contributed by atoms with E-state index in [1.165, 1.54) is 11.3 Å². The molecule has 1 N–H and O–H groups in total. The van der Waals surface area contributed by atoms with Gasteiger partial charge in [-0.1, -0.05) is 30.3 Å². The number of carbonyl (C=O) groups excluding carboxylic acids is 1. The number of aromatic nitrogens is 1. The highest BCUT2D eigenvalue weighted by Gasteiger charge is 2.15. The van der Waals surface area contributed by atoms with Crippen molar-refractivity contribution in [2.24, 2.45) is 0 Å². The summed E-state index contributed by atoms with van der Waals surface area (Å²) in [5, 5.41) is 5.79. The molecule has 0 aliphatic heterocycles. The zero-order valence-corrected chi connectivity index (χ0v) is 12.3. The van der Waals surface area contributed by atoms with Crippen LogP contribution in [-0.4, -0.2) is 16.4 Å². The predicted molar refractivity (Wildman–Crippen MR) is 79.1 cm³/mol. The van der Waals surface area contributed by atoms with Gasteiger partial charge in [0.1, 0.15) is 5.01 Å². The van der Waals surface area contributed by atoms with Gasteiger partial charge in [-0.25, -0.2) is 4.98 Å². The molecule has 0 atom stereocenters. The van der Waals surface area contributed by atoms with E-state index in [0.29, 0.717) is 6.42 Å². The maximum atomic E-state index is 11.8. The molecule has 0 aliphatic carbocycles. The first-order valence-electron chi connectivity index (χ1n) is 6.25. The van der Waals surface area contributed by atoms with Crippen LogP contribution in [0.5, 0.6) is 0 Å². The fourth-order valence-corrected chi connectivity index (χ4v) is 2.54. The van der Waals surface area contributed by atoms with Gasteiger partial charge < -0.3 is 5.32 Å². The van der Waals surface area contributed by atoms with Crippen molar-refractivity contribution in [3.63, 3.8) is 0 Å². The zero-order chi connectivity index (χ0) is 13.9. The van der Waals surface area contributed by atoms with Crippen molar-refractivity contribution < 1.29 is 4.79 Å². The number of hydrogen-bond donors (Lipinski definition) is 1. The van der Waals surface area contributed by atoms with E-state index in [1.807, 2.05) is 56.5 Å². The lowest BCUT2D eigenvalue weighted by atomic mass is 10.1. The van der Waals surface area contributed by atoms with Crippen LogP contribution in [0.1, 0.15) is 25.8 Å². The molecule has 19 heavy (non-hydrogen) atoms. The summed E-state index contributed by atoms with van der Waals surface area (Å²) in [6.45, 7) is 5.92. The Morgan fingerprint density at radius 1 is 1.26 bits per heavy atom. The van der Waals surface area contributed by atoms with Crippen molar-refractivity contribution in [3.05, 3.63) is 40.7 Å². The van der Waals surface area contributed by atoms with Crippen LogP contribution in [0.4, 0.5) is 0 Å². The van der Waals surface area contributed by atoms with Gasteiger partial charge in [-0.2, -0.15) is 0 Å². The molecule has 2 rings (SSSR count). The first-order valence-corrected chi connectivity index (χ1v) is 7.13. The summed E-state index contributed by atoms with van der Waals surface area (Å²) >= 11 is 1.53. The van der Waals surface area contributed by atoms with E-state index < -0.39 is 0 Å². The minimum absolute atomic E-state index is 0.0152. The van der Waals surface area contributed by atoms with Gasteiger partial charge in [0.25, 0.3) is 0 Å². The highest BCUT2D eigenvalue weighted by Crippen LogP contribution is 2.21. The number of hydrogen-bond acceptors (Lipinski definition) is 3. The summed E-state index contributed by atoms with van der Waals surface area (Å²) in [5.74, 6) is 0.0152. The maximum absolute atomic E-state index is 11.8. The SMILES string of the molecule is CC(C)(C)NC(=O)Cc1nc(-c2ccccc2)cs1. The number of rotatable bonds is 3. The van der Waals surface area contributed by atoms with E-state index in [4.69, 9.17) is 0 Å². The summed E-state index contributed by atoms with van der Waals surface area (Å²) in [6, 6.07) is 10.00. The number of benzene rings is 1. The summed E-state index contributed by atoms with van der Waals surface area (Å²) in [7, 11) is 0. The Kier molecular flexibility index (Phi) is 4.00. The van der Waals surface area contributed by atoms with Crippen LogP contribution in [0.15, 0.2) is 35.7 Å². The number of nitrogens with one attached hydrogen (secondary N) is 1. The van der Waals surface area contributed by atoms with E-state index in [1.54, 1.807) is 0 Å². The van der Waals surface area contributed by atoms with Crippen LogP contribution in [0, 0.1) is 0 Å². The Morgan fingerprint density at radius 2 is 1.95 bits per heavy atom. The lowest BCUT2D eigenvalue weighted by Gasteiger charge is -2.19. The summed E-state index contributed by atoms with van der Waals surface area (Å²) in [4.78, 5) is 16.3. The highest BCUT2D eigenvalue weighted by atomic mass is 32.1. The van der Waals surface area contributed by atoms with Crippen molar-refractivity contribution in [1.82, 2.24) is 10.3 Å². The van der Waals surface area contributed by atoms with Gasteiger partial charge in [0.2, 0.25) is 5.91 Å². The number of nitrogens with zero attached hydrogens (tertiary/aromatic N) is 1. The van der Waals surface area contributed by atoms with Gasteiger partial charge in [-0.15, -0.1) is 11.3 Å². The highest BCUT2D eigenvalue weighted by molar-refractivity contribution is 7.10. The van der Waals surface area contributed by atoms with Crippen molar-refractivity contribution in [2.75, 3.05) is 0 Å². The second-order valence-electron chi connectivity index (χ2n) is 5.47. The smallest absolute Gasteiger partial charge is 0.227 e. The Labute approximate surface area is 117 Å². The molecule has 0 bridgehead atoms. The summed E-state index contributed by atoms with van der Waals surface area (Å²) in [6.07, 6.45) is 0.342. The third-order valence-corrected chi connectivity index (χ3v) is 3.30. The molecule has 0 saturated heterocycles. The van der Waals surface area contributed by atoms with Gasteiger partial charge in [0.15, 0.2) is 0 Å². The first kappa shape index (κ1) is 13.7. The Balaban J connectivity index is 2.04. The van der Waals surface area contributed by atoms with E-state index in [9.17, 15) is 4.79 Å². The second-order valence-corrected chi connectivity index (χ2v) is 6.41. The van der Waals surface area contributed by atoms with E-state index in [2.05, 4.69) is 10.3 Å². The number of amides is 1. The average Bonchev–Trinajstić information content (AvgIpc) is 2.76. The van der Waals surface area contributed by atoms with Crippen molar-refractivity contribution in [3.8, 4) is 11.3 Å². The summed E-state index contributed by atoms with van der Waals surface area (Å²) in [5.41, 5.74) is 1.82. The molecule has 1 amide bonds. The van der Waals surface area contributed by atoms with Crippen LogP contribution in [-0.2, 0) is 11.2 Å². The zero-order valence-electron chi connectivity index (χ0n) is 11.4.